The van der Waals surface area contributed by atoms with E-state index in [0.29, 0.717) is 32.5 Å². The fourth-order valence-electron chi connectivity index (χ4n) is 2.74. The number of nitrogens with one attached hydrogen (secondary N) is 1. The molecule has 2 heterocycles. The molecule has 0 saturated carbocycles. The van der Waals surface area contributed by atoms with E-state index in [1.165, 1.54) is 28.6 Å². The fourth-order valence-corrected chi connectivity index (χ4v) is 4.18. The van der Waals surface area contributed by atoms with Crippen LogP contribution in [0.3, 0.4) is 0 Å². The lowest BCUT2D eigenvalue weighted by molar-refractivity contribution is -0.0445. The molecule has 2 aliphatic heterocycles. The summed E-state index contributed by atoms with van der Waals surface area (Å²) in [7, 11) is -3.54. The normalized spacial score (nSPS) is 23.2. The number of hydrogen-bond acceptors (Lipinski definition) is 4. The van der Waals surface area contributed by atoms with Crippen LogP contribution in [0.1, 0.15) is 12.8 Å². The van der Waals surface area contributed by atoms with Gasteiger partial charge in [-0.1, -0.05) is 0 Å². The Bertz CT molecular complexity index is 572. The van der Waals surface area contributed by atoms with Crippen molar-refractivity contribution in [1.29, 1.82) is 0 Å². The van der Waals surface area contributed by atoms with Crippen LogP contribution < -0.4 is 5.32 Å². The molecule has 2 saturated heterocycles. The maximum atomic E-state index is 12.9. The van der Waals surface area contributed by atoms with Crippen molar-refractivity contribution in [3.05, 3.63) is 30.1 Å². The SMILES string of the molecule is O=S(=O)(c1ccc(F)cc1)N1CCC2(CC1)NCCO2. The molecule has 7 heteroatoms. The average Bonchev–Trinajstić information content (AvgIpc) is 2.88. The molecule has 1 N–H and O–H groups in total. The Morgan fingerprint density at radius 3 is 2.40 bits per heavy atom. The Balaban J connectivity index is 1.75. The van der Waals surface area contributed by atoms with Crippen LogP contribution in [-0.2, 0) is 14.8 Å². The maximum Gasteiger partial charge on any atom is 0.243 e. The first-order valence-electron chi connectivity index (χ1n) is 6.67. The molecule has 1 aromatic carbocycles. The number of rotatable bonds is 2. The van der Waals surface area contributed by atoms with Crippen molar-refractivity contribution < 1.29 is 17.5 Å². The van der Waals surface area contributed by atoms with Crippen molar-refractivity contribution in [2.75, 3.05) is 26.2 Å². The van der Waals surface area contributed by atoms with Crippen LogP contribution in [0.15, 0.2) is 29.2 Å². The molecule has 0 bridgehead atoms. The molecule has 3 rings (SSSR count). The van der Waals surface area contributed by atoms with Crippen LogP contribution in [-0.4, -0.2) is 44.7 Å². The van der Waals surface area contributed by atoms with Gasteiger partial charge in [-0.05, 0) is 24.3 Å². The van der Waals surface area contributed by atoms with Gasteiger partial charge in [0, 0.05) is 32.5 Å². The number of benzene rings is 1. The van der Waals surface area contributed by atoms with E-state index in [1.54, 1.807) is 0 Å². The first-order chi connectivity index (χ1) is 9.52. The molecule has 5 nitrogen and oxygen atoms in total. The van der Waals surface area contributed by atoms with Gasteiger partial charge in [0.25, 0.3) is 0 Å². The number of piperidine rings is 1. The summed E-state index contributed by atoms with van der Waals surface area (Å²) in [5.74, 6) is -0.440. The molecule has 0 aliphatic carbocycles. The Kier molecular flexibility index (Phi) is 3.53. The lowest BCUT2D eigenvalue weighted by Crippen LogP contribution is -2.52. The van der Waals surface area contributed by atoms with Gasteiger partial charge in [0.1, 0.15) is 11.5 Å². The maximum absolute atomic E-state index is 12.9. The van der Waals surface area contributed by atoms with E-state index >= 15 is 0 Å². The van der Waals surface area contributed by atoms with Crippen LogP contribution in [0.4, 0.5) is 4.39 Å². The zero-order chi connectivity index (χ0) is 14.2. The Morgan fingerprint density at radius 1 is 1.20 bits per heavy atom. The molecule has 0 aromatic heterocycles. The van der Waals surface area contributed by atoms with Gasteiger partial charge >= 0.3 is 0 Å². The van der Waals surface area contributed by atoms with Crippen LogP contribution in [0, 0.1) is 5.82 Å². The summed E-state index contributed by atoms with van der Waals surface area (Å²) in [5.41, 5.74) is -0.352. The molecule has 0 amide bonds. The number of sulfonamides is 1. The second-order valence-corrected chi connectivity index (χ2v) is 7.07. The summed E-state index contributed by atoms with van der Waals surface area (Å²) >= 11 is 0. The minimum absolute atomic E-state index is 0.134. The Morgan fingerprint density at radius 2 is 1.85 bits per heavy atom. The third-order valence-electron chi connectivity index (χ3n) is 3.91. The van der Waals surface area contributed by atoms with Crippen LogP contribution in [0.25, 0.3) is 0 Å². The molecule has 0 unspecified atom stereocenters. The highest BCUT2D eigenvalue weighted by Crippen LogP contribution is 2.29. The van der Waals surface area contributed by atoms with Crippen molar-refractivity contribution in [2.45, 2.75) is 23.5 Å². The van der Waals surface area contributed by atoms with Gasteiger partial charge in [0.15, 0.2) is 0 Å². The standard InChI is InChI=1S/C13H17FN2O3S/c14-11-1-3-12(4-2-11)20(17,18)16-8-5-13(6-9-16)15-7-10-19-13/h1-4,15H,5-10H2. The second-order valence-electron chi connectivity index (χ2n) is 5.13. The highest BCUT2D eigenvalue weighted by Gasteiger charge is 2.41. The number of hydrogen-bond donors (Lipinski definition) is 1. The third-order valence-corrected chi connectivity index (χ3v) is 5.82. The lowest BCUT2D eigenvalue weighted by atomic mass is 10.0. The second kappa shape index (κ2) is 5.07. The molecule has 0 atom stereocenters. The molecule has 1 aromatic rings. The van der Waals surface area contributed by atoms with Crippen molar-refractivity contribution in [3.63, 3.8) is 0 Å². The Labute approximate surface area is 117 Å². The highest BCUT2D eigenvalue weighted by molar-refractivity contribution is 7.89. The van der Waals surface area contributed by atoms with Crippen molar-refractivity contribution in [1.82, 2.24) is 9.62 Å². The lowest BCUT2D eigenvalue weighted by Gasteiger charge is -2.37. The van der Waals surface area contributed by atoms with Gasteiger partial charge in [0.2, 0.25) is 10.0 Å². The van der Waals surface area contributed by atoms with E-state index in [2.05, 4.69) is 5.32 Å². The molecular formula is C13H17FN2O3S. The van der Waals surface area contributed by atoms with Gasteiger partial charge in [-0.25, -0.2) is 12.8 Å². The molecular weight excluding hydrogens is 283 g/mol. The van der Waals surface area contributed by atoms with Gasteiger partial charge in [-0.15, -0.1) is 0 Å². The minimum Gasteiger partial charge on any atom is -0.359 e. The van der Waals surface area contributed by atoms with Crippen LogP contribution >= 0.6 is 0 Å². The predicted molar refractivity (Wildman–Crippen MR) is 71.1 cm³/mol. The van der Waals surface area contributed by atoms with E-state index in [1.807, 2.05) is 0 Å². The summed E-state index contributed by atoms with van der Waals surface area (Å²) in [5, 5.41) is 3.30. The molecule has 2 aliphatic rings. The van der Waals surface area contributed by atoms with Crippen molar-refractivity contribution in [3.8, 4) is 0 Å². The summed E-state index contributed by atoms with van der Waals surface area (Å²) in [6.07, 6.45) is 1.26. The van der Waals surface area contributed by atoms with Gasteiger partial charge in [0.05, 0.1) is 11.5 Å². The summed E-state index contributed by atoms with van der Waals surface area (Å²) in [6.45, 7) is 2.30. The number of halogens is 1. The smallest absolute Gasteiger partial charge is 0.243 e. The highest BCUT2D eigenvalue weighted by atomic mass is 32.2. The number of ether oxygens (including phenoxy) is 1. The van der Waals surface area contributed by atoms with E-state index in [4.69, 9.17) is 4.74 Å². The number of nitrogens with zero attached hydrogens (tertiary/aromatic N) is 1. The van der Waals surface area contributed by atoms with E-state index in [-0.39, 0.29) is 10.6 Å². The molecule has 110 valence electrons. The Hall–Kier alpha value is -1.02. The van der Waals surface area contributed by atoms with Gasteiger partial charge in [-0.2, -0.15) is 4.31 Å². The fraction of sp³-hybridized carbons (Fsp3) is 0.538. The van der Waals surface area contributed by atoms with Crippen LogP contribution in [0.2, 0.25) is 0 Å². The predicted octanol–water partition coefficient (Wildman–Crippen LogP) is 0.926. The summed E-state index contributed by atoms with van der Waals surface area (Å²) < 4.78 is 44.9. The van der Waals surface area contributed by atoms with E-state index in [0.717, 1.165) is 6.54 Å². The van der Waals surface area contributed by atoms with Crippen molar-refractivity contribution in [2.24, 2.45) is 0 Å². The van der Waals surface area contributed by atoms with Crippen molar-refractivity contribution >= 4 is 10.0 Å². The quantitative estimate of drug-likeness (QED) is 0.882. The minimum atomic E-state index is -3.54. The molecule has 2 fully saturated rings. The summed E-state index contributed by atoms with van der Waals surface area (Å²) in [6, 6.07) is 4.94. The monoisotopic (exact) mass is 300 g/mol. The first-order valence-corrected chi connectivity index (χ1v) is 8.11. The molecule has 1 spiro atoms. The summed E-state index contributed by atoms with van der Waals surface area (Å²) in [4.78, 5) is 0.134. The van der Waals surface area contributed by atoms with Gasteiger partial charge < -0.3 is 4.74 Å². The molecule has 20 heavy (non-hydrogen) atoms. The zero-order valence-corrected chi connectivity index (χ0v) is 11.8. The van der Waals surface area contributed by atoms with Crippen LogP contribution in [0.5, 0.6) is 0 Å². The largest absolute Gasteiger partial charge is 0.359 e. The third kappa shape index (κ3) is 2.46. The zero-order valence-electron chi connectivity index (χ0n) is 11.0. The van der Waals surface area contributed by atoms with E-state index in [9.17, 15) is 12.8 Å². The first kappa shape index (κ1) is 13.9. The average molecular weight is 300 g/mol. The molecule has 0 radical (unpaired) electrons. The van der Waals surface area contributed by atoms with Gasteiger partial charge in [-0.3, -0.25) is 5.32 Å². The topological polar surface area (TPSA) is 58.6 Å². The van der Waals surface area contributed by atoms with E-state index < -0.39 is 15.8 Å².